The van der Waals surface area contributed by atoms with Crippen molar-refractivity contribution in [3.63, 3.8) is 0 Å². The van der Waals surface area contributed by atoms with Crippen molar-refractivity contribution in [3.8, 4) is 0 Å². The Morgan fingerprint density at radius 1 is 1.11 bits per heavy atom. The molecule has 1 aliphatic rings. The maximum Gasteiger partial charge on any atom is 0.252 e. The van der Waals surface area contributed by atoms with Crippen LogP contribution >= 0.6 is 0 Å². The van der Waals surface area contributed by atoms with Crippen LogP contribution in [0.4, 0.5) is 5.82 Å². The van der Waals surface area contributed by atoms with Gasteiger partial charge in [0.2, 0.25) is 5.91 Å². The van der Waals surface area contributed by atoms with Gasteiger partial charge in [-0.1, -0.05) is 36.2 Å². The number of amides is 1. The van der Waals surface area contributed by atoms with Crippen molar-refractivity contribution in [1.82, 2.24) is 19.9 Å². The largest absolute Gasteiger partial charge is 0.422 e. The van der Waals surface area contributed by atoms with Crippen molar-refractivity contribution in [2.75, 3.05) is 24.5 Å². The number of fused-ring (bicyclic) bond motifs is 1. The zero-order valence-electron chi connectivity index (χ0n) is 15.9. The number of piperazine rings is 1. The van der Waals surface area contributed by atoms with Crippen molar-refractivity contribution < 1.29 is 9.21 Å². The molecular weight excluding hydrogens is 342 g/mol. The molecule has 3 heterocycles. The van der Waals surface area contributed by atoms with E-state index >= 15 is 0 Å². The summed E-state index contributed by atoms with van der Waals surface area (Å²) >= 11 is 0. The van der Waals surface area contributed by atoms with Gasteiger partial charge < -0.3 is 14.2 Å². The van der Waals surface area contributed by atoms with Gasteiger partial charge in [-0.2, -0.15) is 4.98 Å². The first-order chi connectivity index (χ1) is 13.0. The van der Waals surface area contributed by atoms with E-state index in [-0.39, 0.29) is 12.5 Å². The van der Waals surface area contributed by atoms with Crippen LogP contribution in [-0.4, -0.2) is 45.4 Å². The van der Waals surface area contributed by atoms with E-state index in [0.29, 0.717) is 49.0 Å². The molecule has 0 aliphatic carbocycles. The molecule has 1 aromatic carbocycles. The first-order valence-electron chi connectivity index (χ1n) is 9.24. The fraction of sp³-hybridized carbons (Fsp3) is 0.400. The Balaban J connectivity index is 1.52. The Morgan fingerprint density at radius 3 is 2.59 bits per heavy atom. The topological polar surface area (TPSA) is 75.4 Å². The second-order valence-electron chi connectivity index (χ2n) is 7.05. The third kappa shape index (κ3) is 3.49. The quantitative estimate of drug-likeness (QED) is 0.707. The summed E-state index contributed by atoms with van der Waals surface area (Å²) in [7, 11) is 0. The molecule has 1 fully saturated rings. The van der Waals surface area contributed by atoms with Crippen LogP contribution in [0.15, 0.2) is 28.9 Å². The van der Waals surface area contributed by atoms with Crippen LogP contribution in [0.1, 0.15) is 29.5 Å². The van der Waals surface area contributed by atoms with Crippen LogP contribution in [-0.2, 0) is 17.8 Å². The number of hydrogen-bond donors (Lipinski definition) is 0. The predicted molar refractivity (Wildman–Crippen MR) is 103 cm³/mol. The van der Waals surface area contributed by atoms with Gasteiger partial charge in [-0.05, 0) is 19.4 Å². The molecule has 4 rings (SSSR count). The van der Waals surface area contributed by atoms with Gasteiger partial charge in [0.1, 0.15) is 6.33 Å². The van der Waals surface area contributed by atoms with Crippen molar-refractivity contribution >= 4 is 23.0 Å². The maximum absolute atomic E-state index is 12.7. The minimum atomic E-state index is 0.0892. The van der Waals surface area contributed by atoms with Crippen LogP contribution in [0.25, 0.3) is 11.2 Å². The Kier molecular flexibility index (Phi) is 4.51. The molecule has 1 aliphatic heterocycles. The van der Waals surface area contributed by atoms with Gasteiger partial charge in [0, 0.05) is 26.1 Å². The average Bonchev–Trinajstić information content (AvgIpc) is 3.06. The molecule has 2 aromatic heterocycles. The lowest BCUT2D eigenvalue weighted by Gasteiger charge is -2.35. The van der Waals surface area contributed by atoms with Crippen LogP contribution in [0, 0.1) is 13.8 Å². The molecule has 1 saturated heterocycles. The van der Waals surface area contributed by atoms with Gasteiger partial charge in [-0.15, -0.1) is 0 Å². The zero-order chi connectivity index (χ0) is 19.0. The van der Waals surface area contributed by atoms with Crippen LogP contribution < -0.4 is 4.90 Å². The Bertz CT molecular complexity index is 977. The van der Waals surface area contributed by atoms with E-state index in [0.717, 1.165) is 0 Å². The van der Waals surface area contributed by atoms with E-state index in [1.165, 1.54) is 23.0 Å². The minimum absolute atomic E-state index is 0.0892. The number of rotatable bonds is 4. The van der Waals surface area contributed by atoms with Gasteiger partial charge >= 0.3 is 0 Å². The molecule has 0 N–H and O–H groups in total. The SMILES string of the molecule is CCc1nc2c(N3CCN(Cc4cc(C)cc(C)c4)C(=O)C3)ncnc2o1. The molecule has 0 atom stereocenters. The summed E-state index contributed by atoms with van der Waals surface area (Å²) in [6.45, 7) is 8.42. The molecule has 140 valence electrons. The fourth-order valence-corrected chi connectivity index (χ4v) is 3.61. The van der Waals surface area contributed by atoms with Crippen molar-refractivity contribution in [1.29, 1.82) is 0 Å². The number of aromatic nitrogens is 3. The van der Waals surface area contributed by atoms with E-state index < -0.39 is 0 Å². The molecule has 7 heteroatoms. The summed E-state index contributed by atoms with van der Waals surface area (Å²) in [5, 5.41) is 0. The lowest BCUT2D eigenvalue weighted by molar-refractivity contribution is -0.131. The van der Waals surface area contributed by atoms with Gasteiger partial charge in [0.25, 0.3) is 5.71 Å². The number of oxazole rings is 1. The molecule has 7 nitrogen and oxygen atoms in total. The molecule has 0 saturated carbocycles. The van der Waals surface area contributed by atoms with E-state index in [9.17, 15) is 4.79 Å². The number of hydrogen-bond acceptors (Lipinski definition) is 6. The Labute approximate surface area is 158 Å². The molecule has 1 amide bonds. The number of carbonyl (C=O) groups is 1. The number of benzene rings is 1. The lowest BCUT2D eigenvalue weighted by atomic mass is 10.1. The first kappa shape index (κ1) is 17.5. The Hall–Kier alpha value is -2.96. The highest BCUT2D eigenvalue weighted by Gasteiger charge is 2.27. The summed E-state index contributed by atoms with van der Waals surface area (Å²) < 4.78 is 5.61. The highest BCUT2D eigenvalue weighted by atomic mass is 16.4. The number of aryl methyl sites for hydroxylation is 3. The summed E-state index contributed by atoms with van der Waals surface area (Å²) in [6, 6.07) is 6.43. The minimum Gasteiger partial charge on any atom is -0.422 e. The lowest BCUT2D eigenvalue weighted by Crippen LogP contribution is -2.50. The summed E-state index contributed by atoms with van der Waals surface area (Å²) in [5.74, 6) is 1.39. The van der Waals surface area contributed by atoms with Gasteiger partial charge in [0.05, 0.1) is 6.54 Å². The van der Waals surface area contributed by atoms with Gasteiger partial charge in [-0.3, -0.25) is 4.79 Å². The highest BCUT2D eigenvalue weighted by molar-refractivity contribution is 5.87. The Morgan fingerprint density at radius 2 is 1.89 bits per heavy atom. The van der Waals surface area contributed by atoms with E-state index in [4.69, 9.17) is 4.42 Å². The van der Waals surface area contributed by atoms with Crippen molar-refractivity contribution in [3.05, 3.63) is 47.1 Å². The van der Waals surface area contributed by atoms with E-state index in [2.05, 4.69) is 47.0 Å². The summed E-state index contributed by atoms with van der Waals surface area (Å²) in [5.41, 5.74) is 4.71. The van der Waals surface area contributed by atoms with Crippen LogP contribution in [0.2, 0.25) is 0 Å². The van der Waals surface area contributed by atoms with Crippen molar-refractivity contribution in [2.24, 2.45) is 0 Å². The number of anilines is 1. The molecule has 27 heavy (non-hydrogen) atoms. The standard InChI is InChI=1S/C20H23N5O2/c1-4-16-23-18-19(21-12-22-20(18)27-16)25-6-5-24(17(26)11-25)10-15-8-13(2)7-14(3)9-15/h7-9,12H,4-6,10-11H2,1-3H3. The molecule has 0 spiro atoms. The third-order valence-electron chi connectivity index (χ3n) is 4.80. The molecule has 0 radical (unpaired) electrons. The monoisotopic (exact) mass is 365 g/mol. The van der Waals surface area contributed by atoms with Crippen molar-refractivity contribution in [2.45, 2.75) is 33.7 Å². The number of carbonyl (C=O) groups excluding carboxylic acids is 1. The van der Waals surface area contributed by atoms with E-state index in [1.54, 1.807) is 0 Å². The van der Waals surface area contributed by atoms with Gasteiger partial charge in [0.15, 0.2) is 17.2 Å². The second-order valence-corrected chi connectivity index (χ2v) is 7.05. The van der Waals surface area contributed by atoms with Gasteiger partial charge in [-0.25, -0.2) is 9.97 Å². The maximum atomic E-state index is 12.7. The fourth-order valence-electron chi connectivity index (χ4n) is 3.61. The second kappa shape index (κ2) is 6.98. The van der Waals surface area contributed by atoms with Crippen LogP contribution in [0.3, 0.4) is 0 Å². The molecule has 0 unspecified atom stereocenters. The summed E-state index contributed by atoms with van der Waals surface area (Å²) in [6.07, 6.45) is 2.16. The normalized spacial score (nSPS) is 15.0. The average molecular weight is 365 g/mol. The number of nitrogens with zero attached hydrogens (tertiary/aromatic N) is 5. The third-order valence-corrected chi connectivity index (χ3v) is 4.80. The van der Waals surface area contributed by atoms with Crippen LogP contribution in [0.5, 0.6) is 0 Å². The first-order valence-corrected chi connectivity index (χ1v) is 9.24. The van der Waals surface area contributed by atoms with E-state index in [1.807, 2.05) is 16.7 Å². The molecule has 3 aromatic rings. The molecule has 0 bridgehead atoms. The summed E-state index contributed by atoms with van der Waals surface area (Å²) in [4.78, 5) is 29.6. The zero-order valence-corrected chi connectivity index (χ0v) is 15.9. The molecular formula is C20H23N5O2. The smallest absolute Gasteiger partial charge is 0.252 e. The highest BCUT2D eigenvalue weighted by Crippen LogP contribution is 2.25. The predicted octanol–water partition coefficient (Wildman–Crippen LogP) is 2.65.